The van der Waals surface area contributed by atoms with Crippen molar-refractivity contribution in [2.75, 3.05) is 19.4 Å². The Hall–Kier alpha value is -2.08. The maximum Gasteiger partial charge on any atom is 0.250 e. The molecule has 3 rings (SSSR count). The van der Waals surface area contributed by atoms with Crippen LogP contribution in [0.4, 0.5) is 5.82 Å². The van der Waals surface area contributed by atoms with Gasteiger partial charge < -0.3 is 25.5 Å². The van der Waals surface area contributed by atoms with E-state index in [1.807, 2.05) is 0 Å². The average Bonchev–Trinajstić information content (AvgIpc) is 3.21. The highest BCUT2D eigenvalue weighted by Crippen LogP contribution is 2.42. The van der Waals surface area contributed by atoms with Crippen LogP contribution in [-0.2, 0) is 14.0 Å². The number of nitrogens with zero attached hydrogens (tertiary/aromatic N) is 4. The molecule has 1 saturated heterocycles. The number of rotatable bonds is 5. The van der Waals surface area contributed by atoms with Gasteiger partial charge in [-0.2, -0.15) is 0 Å². The zero-order valence-corrected chi connectivity index (χ0v) is 19.1. The minimum atomic E-state index is -2.20. The highest BCUT2D eigenvalue weighted by atomic mass is 28.4. The molecule has 1 fully saturated rings. The van der Waals surface area contributed by atoms with Gasteiger partial charge in [0.1, 0.15) is 17.9 Å². The summed E-state index contributed by atoms with van der Waals surface area (Å²) in [6, 6.07) is -0.628. The number of imidazole rings is 1. The van der Waals surface area contributed by atoms with Crippen LogP contribution in [0.5, 0.6) is 0 Å². The van der Waals surface area contributed by atoms with Crippen molar-refractivity contribution in [1.82, 2.24) is 24.8 Å². The summed E-state index contributed by atoms with van der Waals surface area (Å²) in [6.07, 6.45) is 1.10. The first kappa shape index (κ1) is 21.6. The van der Waals surface area contributed by atoms with Crippen LogP contribution in [0.15, 0.2) is 12.7 Å². The predicted molar refractivity (Wildman–Crippen MR) is 113 cm³/mol. The molecule has 2 aromatic heterocycles. The molecule has 0 saturated carbocycles. The summed E-state index contributed by atoms with van der Waals surface area (Å²) in [5.41, 5.74) is 7.68. The number of fused-ring (bicyclic) bond motifs is 1. The van der Waals surface area contributed by atoms with Gasteiger partial charge in [-0.3, -0.25) is 9.36 Å². The predicted octanol–water partition coefficient (Wildman–Crippen LogP) is 1.23. The highest BCUT2D eigenvalue weighted by molar-refractivity contribution is 6.74. The lowest BCUT2D eigenvalue weighted by atomic mass is 10.1. The number of ether oxygens (including phenoxy) is 1. The summed E-state index contributed by atoms with van der Waals surface area (Å²) < 4.78 is 14.5. The number of nitrogens with one attached hydrogen (secondary N) is 2. The molecule has 0 spiro atoms. The molecule has 160 valence electrons. The number of anilines is 1. The lowest BCUT2D eigenvalue weighted by molar-refractivity contribution is -0.134. The van der Waals surface area contributed by atoms with Crippen LogP contribution in [0, 0.1) is 0 Å². The maximum absolute atomic E-state index is 12.4. The van der Waals surface area contributed by atoms with E-state index in [0.717, 1.165) is 0 Å². The number of hydrogen-bond acceptors (Lipinski definition) is 8. The van der Waals surface area contributed by atoms with Crippen LogP contribution in [-0.4, -0.2) is 66.1 Å². The first-order valence-electron chi connectivity index (χ1n) is 9.67. The normalized spacial score (nSPS) is 25.4. The number of carbonyl (C=O) groups is 1. The molecule has 4 N–H and O–H groups in total. The Balaban J connectivity index is 2.06. The van der Waals surface area contributed by atoms with Crippen LogP contribution in [0.1, 0.15) is 27.0 Å². The molecule has 0 aromatic carbocycles. The van der Waals surface area contributed by atoms with Crippen LogP contribution in [0.2, 0.25) is 18.1 Å². The van der Waals surface area contributed by atoms with Gasteiger partial charge in [-0.05, 0) is 18.1 Å². The standard InChI is InChI=1S/C18H31N7O3Si/c1-18(2,3)29(6,7)28-13-10(19)12(16(26)21-5)27-17(13)25-9-24-11-14(20-4)22-8-23-15(11)25/h8-10,12-13,17H,19H2,1-7H3,(H,21,26)(H,20,22,23)/t10-,12+,13-,17-/m1/s1. The van der Waals surface area contributed by atoms with E-state index in [-0.39, 0.29) is 10.9 Å². The van der Waals surface area contributed by atoms with E-state index >= 15 is 0 Å². The van der Waals surface area contributed by atoms with Crippen molar-refractivity contribution in [3.63, 3.8) is 0 Å². The van der Waals surface area contributed by atoms with Crippen molar-refractivity contribution < 1.29 is 14.0 Å². The minimum absolute atomic E-state index is 0.0269. The second-order valence-corrected chi connectivity index (χ2v) is 13.5. The minimum Gasteiger partial charge on any atom is -0.408 e. The van der Waals surface area contributed by atoms with E-state index in [1.165, 1.54) is 6.33 Å². The Kier molecular flexibility index (Phi) is 5.69. The summed E-state index contributed by atoms with van der Waals surface area (Å²) in [4.78, 5) is 25.4. The Morgan fingerprint density at radius 1 is 1.28 bits per heavy atom. The van der Waals surface area contributed by atoms with Gasteiger partial charge in [-0.1, -0.05) is 20.8 Å². The van der Waals surface area contributed by atoms with Crippen LogP contribution in [0.25, 0.3) is 11.2 Å². The quantitative estimate of drug-likeness (QED) is 0.615. The van der Waals surface area contributed by atoms with E-state index in [0.29, 0.717) is 17.0 Å². The maximum atomic E-state index is 12.4. The second kappa shape index (κ2) is 7.63. The Bertz CT molecular complexity index is 895. The van der Waals surface area contributed by atoms with E-state index in [2.05, 4.69) is 59.5 Å². The SMILES string of the molecule is CNC(=O)[C@H]1O[C@@H](n2cnc3c(NC)ncnc32)[C@H](O[Si](C)(C)C(C)(C)C)[C@@H]1N. The molecular formula is C18H31N7O3Si. The topological polar surface area (TPSA) is 129 Å². The largest absolute Gasteiger partial charge is 0.408 e. The first-order valence-corrected chi connectivity index (χ1v) is 12.6. The van der Waals surface area contributed by atoms with E-state index in [4.69, 9.17) is 14.9 Å². The number of nitrogens with two attached hydrogens (primary N) is 1. The fraction of sp³-hybridized carbons (Fsp3) is 0.667. The van der Waals surface area contributed by atoms with Crippen molar-refractivity contribution in [2.24, 2.45) is 5.73 Å². The Morgan fingerprint density at radius 3 is 2.55 bits per heavy atom. The number of carbonyl (C=O) groups excluding carboxylic acids is 1. The first-order chi connectivity index (χ1) is 13.5. The molecule has 1 aliphatic heterocycles. The monoisotopic (exact) mass is 421 g/mol. The molecule has 0 bridgehead atoms. The number of amides is 1. The van der Waals surface area contributed by atoms with Crippen molar-refractivity contribution in [3.8, 4) is 0 Å². The Morgan fingerprint density at radius 2 is 1.97 bits per heavy atom. The summed E-state index contributed by atoms with van der Waals surface area (Å²) in [7, 11) is 1.14. The van der Waals surface area contributed by atoms with Gasteiger partial charge in [-0.15, -0.1) is 0 Å². The fourth-order valence-electron chi connectivity index (χ4n) is 3.16. The molecule has 0 radical (unpaired) electrons. The van der Waals surface area contributed by atoms with Gasteiger partial charge in [0.2, 0.25) is 0 Å². The summed E-state index contributed by atoms with van der Waals surface area (Å²) in [5.74, 6) is 0.333. The molecule has 2 aromatic rings. The molecule has 4 atom stereocenters. The lowest BCUT2D eigenvalue weighted by Crippen LogP contribution is -2.53. The molecule has 11 heteroatoms. The van der Waals surface area contributed by atoms with Crippen molar-refractivity contribution in [3.05, 3.63) is 12.7 Å². The molecule has 29 heavy (non-hydrogen) atoms. The number of hydrogen-bond donors (Lipinski definition) is 3. The number of likely N-dealkylation sites (N-methyl/N-ethyl adjacent to an activating group) is 1. The van der Waals surface area contributed by atoms with Gasteiger partial charge in [0.25, 0.3) is 5.91 Å². The smallest absolute Gasteiger partial charge is 0.250 e. The van der Waals surface area contributed by atoms with Gasteiger partial charge in [0, 0.05) is 14.1 Å². The summed E-state index contributed by atoms with van der Waals surface area (Å²) in [5, 5.41) is 5.60. The van der Waals surface area contributed by atoms with Gasteiger partial charge in [0.05, 0.1) is 12.4 Å². The molecule has 10 nitrogen and oxygen atoms in total. The Labute approximate surface area is 171 Å². The molecule has 1 amide bonds. The molecule has 0 unspecified atom stereocenters. The van der Waals surface area contributed by atoms with Crippen LogP contribution >= 0.6 is 0 Å². The van der Waals surface area contributed by atoms with Crippen molar-refractivity contribution in [2.45, 2.75) is 63.4 Å². The summed E-state index contributed by atoms with van der Waals surface area (Å²) in [6.45, 7) is 10.8. The third-order valence-electron chi connectivity index (χ3n) is 5.91. The van der Waals surface area contributed by atoms with Crippen molar-refractivity contribution >= 4 is 31.2 Å². The molecule has 1 aliphatic rings. The fourth-order valence-corrected chi connectivity index (χ4v) is 4.47. The number of aromatic nitrogens is 4. The van der Waals surface area contributed by atoms with Gasteiger partial charge in [-0.25, -0.2) is 15.0 Å². The van der Waals surface area contributed by atoms with Gasteiger partial charge >= 0.3 is 0 Å². The third-order valence-corrected chi connectivity index (χ3v) is 10.4. The molecule has 3 heterocycles. The van der Waals surface area contributed by atoms with Crippen LogP contribution in [0.3, 0.4) is 0 Å². The second-order valence-electron chi connectivity index (χ2n) is 8.78. The zero-order valence-electron chi connectivity index (χ0n) is 18.1. The molecular weight excluding hydrogens is 390 g/mol. The van der Waals surface area contributed by atoms with E-state index in [9.17, 15) is 4.79 Å². The zero-order chi connectivity index (χ0) is 21.6. The van der Waals surface area contributed by atoms with Crippen LogP contribution < -0.4 is 16.4 Å². The van der Waals surface area contributed by atoms with E-state index < -0.39 is 32.8 Å². The average molecular weight is 422 g/mol. The lowest BCUT2D eigenvalue weighted by Gasteiger charge is -2.40. The summed E-state index contributed by atoms with van der Waals surface area (Å²) >= 11 is 0. The van der Waals surface area contributed by atoms with Crippen molar-refractivity contribution in [1.29, 1.82) is 0 Å². The van der Waals surface area contributed by atoms with E-state index in [1.54, 1.807) is 25.0 Å². The molecule has 0 aliphatic carbocycles. The highest BCUT2D eigenvalue weighted by Gasteiger charge is 2.51. The third kappa shape index (κ3) is 3.75. The van der Waals surface area contributed by atoms with Gasteiger partial charge in [0.15, 0.2) is 32.1 Å².